The third kappa shape index (κ3) is 4.06. The average Bonchev–Trinajstić information content (AvgIpc) is 3.10. The molecule has 1 aromatic carbocycles. The van der Waals surface area contributed by atoms with Crippen LogP contribution in [0.2, 0.25) is 0 Å². The highest BCUT2D eigenvalue weighted by Crippen LogP contribution is 2.28. The summed E-state index contributed by atoms with van der Waals surface area (Å²) in [6.07, 6.45) is 2.08. The number of hydrogen-bond donors (Lipinski definition) is 0. The fourth-order valence-electron chi connectivity index (χ4n) is 3.31. The maximum atomic E-state index is 13.3. The number of rotatable bonds is 8. The molecule has 2 heterocycles. The molecule has 0 fully saturated rings. The van der Waals surface area contributed by atoms with Crippen LogP contribution in [-0.2, 0) is 26.6 Å². The smallest absolute Gasteiger partial charge is 0.241 e. The molecule has 0 amide bonds. The van der Waals surface area contributed by atoms with Gasteiger partial charge in [0.25, 0.3) is 0 Å². The number of pyridine rings is 1. The van der Waals surface area contributed by atoms with E-state index in [1.807, 2.05) is 13.8 Å². The van der Waals surface area contributed by atoms with E-state index in [0.29, 0.717) is 34.6 Å². The summed E-state index contributed by atoms with van der Waals surface area (Å²) in [4.78, 5) is 8.78. The topological polar surface area (TPSA) is 100 Å². The van der Waals surface area contributed by atoms with Crippen molar-refractivity contribution in [2.24, 2.45) is 0 Å². The van der Waals surface area contributed by atoms with Crippen molar-refractivity contribution in [1.82, 2.24) is 13.9 Å². The first-order chi connectivity index (χ1) is 14.2. The Morgan fingerprint density at radius 3 is 2.53 bits per heavy atom. The van der Waals surface area contributed by atoms with Crippen molar-refractivity contribution >= 4 is 31.9 Å². The predicted octanol–water partition coefficient (Wildman–Crippen LogP) is 2.96. The Bertz CT molecular complexity index is 1220. The maximum Gasteiger partial charge on any atom is 0.241 e. The van der Waals surface area contributed by atoms with Gasteiger partial charge in [0.15, 0.2) is 0 Å². The minimum absolute atomic E-state index is 0.0184. The Morgan fingerprint density at radius 2 is 1.90 bits per heavy atom. The quantitative estimate of drug-likeness (QED) is 0.519. The first kappa shape index (κ1) is 22.2. The van der Waals surface area contributed by atoms with E-state index >= 15 is 0 Å². The second-order valence-corrected chi connectivity index (χ2v) is 10.1. The summed E-state index contributed by atoms with van der Waals surface area (Å²) in [5, 5.41) is -0.0209. The molecule has 0 bridgehead atoms. The zero-order chi connectivity index (χ0) is 22.1. The highest BCUT2D eigenvalue weighted by molar-refractivity contribution is 7.91. The van der Waals surface area contributed by atoms with Gasteiger partial charge >= 0.3 is 0 Å². The number of hydrogen-bond acceptors (Lipinski definition) is 7. The molecular weight excluding hydrogens is 426 g/mol. The molecule has 30 heavy (non-hydrogen) atoms. The van der Waals surface area contributed by atoms with Crippen molar-refractivity contribution in [3.8, 4) is 11.5 Å². The normalized spacial score (nSPS) is 12.8. The molecule has 0 saturated heterocycles. The van der Waals surface area contributed by atoms with E-state index in [1.54, 1.807) is 38.4 Å². The van der Waals surface area contributed by atoms with Crippen LogP contribution in [-0.4, -0.2) is 46.5 Å². The van der Waals surface area contributed by atoms with Crippen LogP contribution >= 0.6 is 0 Å². The Balaban J connectivity index is 2.14. The molecule has 0 aliphatic rings. The molecule has 0 spiro atoms. The maximum absolute atomic E-state index is 13.3. The van der Waals surface area contributed by atoms with Crippen LogP contribution < -0.4 is 9.47 Å². The van der Waals surface area contributed by atoms with Crippen LogP contribution in [0.25, 0.3) is 11.0 Å². The summed E-state index contributed by atoms with van der Waals surface area (Å²) in [5.41, 5.74) is 2.99. The largest absolute Gasteiger partial charge is 0.497 e. The summed E-state index contributed by atoms with van der Waals surface area (Å²) in [5.74, 6) is 1.15. The first-order valence-electron chi connectivity index (χ1n) is 9.40. The van der Waals surface area contributed by atoms with Gasteiger partial charge in [-0.1, -0.05) is 6.92 Å². The predicted molar refractivity (Wildman–Crippen MR) is 116 cm³/mol. The van der Waals surface area contributed by atoms with E-state index in [2.05, 4.69) is 9.97 Å². The van der Waals surface area contributed by atoms with Gasteiger partial charge in [0.1, 0.15) is 11.5 Å². The number of aryl methyl sites for hydroxylation is 1. The number of imidazole rings is 1. The van der Waals surface area contributed by atoms with Crippen molar-refractivity contribution in [1.29, 1.82) is 0 Å². The monoisotopic (exact) mass is 451 g/mol. The second kappa shape index (κ2) is 8.73. The number of fused-ring (bicyclic) bond motifs is 1. The van der Waals surface area contributed by atoms with E-state index in [9.17, 15) is 12.6 Å². The van der Waals surface area contributed by atoms with Gasteiger partial charge in [-0.05, 0) is 32.4 Å². The number of benzene rings is 1. The zero-order valence-corrected chi connectivity index (χ0v) is 19.3. The van der Waals surface area contributed by atoms with Crippen molar-refractivity contribution in [2.45, 2.75) is 38.1 Å². The lowest BCUT2D eigenvalue weighted by atomic mass is 10.1. The SMILES string of the molecule is CCCS(=O)(=O)n1c(S(=O)Cc2ncc(C)c(OC)c2C)nc2cc(OC)ccc21. The molecule has 0 N–H and O–H groups in total. The van der Waals surface area contributed by atoms with Crippen molar-refractivity contribution in [2.75, 3.05) is 20.0 Å². The summed E-state index contributed by atoms with van der Waals surface area (Å²) in [6, 6.07) is 4.91. The minimum atomic E-state index is -3.74. The third-order valence-electron chi connectivity index (χ3n) is 4.75. The molecule has 0 radical (unpaired) electrons. The molecule has 3 aromatic rings. The Labute approximate surface area is 178 Å². The molecule has 1 atom stereocenters. The van der Waals surface area contributed by atoms with Crippen LogP contribution in [0.3, 0.4) is 0 Å². The second-order valence-electron chi connectivity index (χ2n) is 6.87. The summed E-state index contributed by atoms with van der Waals surface area (Å²) >= 11 is 0. The van der Waals surface area contributed by atoms with Gasteiger partial charge in [0, 0.05) is 23.4 Å². The minimum Gasteiger partial charge on any atom is -0.497 e. The molecule has 0 aliphatic carbocycles. The van der Waals surface area contributed by atoms with Gasteiger partial charge < -0.3 is 9.47 Å². The molecule has 1 unspecified atom stereocenters. The molecule has 10 heteroatoms. The Hall–Kier alpha value is -2.46. The van der Waals surface area contributed by atoms with E-state index < -0.39 is 20.8 Å². The summed E-state index contributed by atoms with van der Waals surface area (Å²) in [6.45, 7) is 5.50. The van der Waals surface area contributed by atoms with Crippen molar-refractivity contribution < 1.29 is 22.1 Å². The number of nitrogens with zero attached hydrogens (tertiary/aromatic N) is 3. The van der Waals surface area contributed by atoms with Crippen molar-refractivity contribution in [3.63, 3.8) is 0 Å². The average molecular weight is 452 g/mol. The van der Waals surface area contributed by atoms with Gasteiger partial charge in [-0.2, -0.15) is 0 Å². The van der Waals surface area contributed by atoms with E-state index in [-0.39, 0.29) is 16.7 Å². The fourth-order valence-corrected chi connectivity index (χ4v) is 6.48. The lowest BCUT2D eigenvalue weighted by Gasteiger charge is -2.13. The third-order valence-corrected chi connectivity index (χ3v) is 7.94. The van der Waals surface area contributed by atoms with Crippen molar-refractivity contribution in [3.05, 3.63) is 41.2 Å². The van der Waals surface area contributed by atoms with Crippen LogP contribution in [0.5, 0.6) is 11.5 Å². The first-order valence-corrected chi connectivity index (χ1v) is 12.3. The van der Waals surface area contributed by atoms with Gasteiger partial charge in [-0.15, -0.1) is 0 Å². The molecule has 0 saturated carbocycles. The number of methoxy groups -OCH3 is 2. The Kier molecular flexibility index (Phi) is 6.47. The highest BCUT2D eigenvalue weighted by atomic mass is 32.2. The lowest BCUT2D eigenvalue weighted by Crippen LogP contribution is -2.20. The van der Waals surface area contributed by atoms with Gasteiger partial charge in [-0.25, -0.2) is 17.4 Å². The molecule has 8 nitrogen and oxygen atoms in total. The summed E-state index contributed by atoms with van der Waals surface area (Å²) in [7, 11) is -2.40. The molecule has 2 aromatic heterocycles. The van der Waals surface area contributed by atoms with E-state index in [0.717, 1.165) is 15.1 Å². The van der Waals surface area contributed by atoms with Crippen LogP contribution in [0, 0.1) is 13.8 Å². The summed E-state index contributed by atoms with van der Waals surface area (Å²) < 4.78 is 51.0. The highest BCUT2D eigenvalue weighted by Gasteiger charge is 2.26. The van der Waals surface area contributed by atoms with Crippen LogP contribution in [0.15, 0.2) is 29.6 Å². The molecule has 0 aliphatic heterocycles. The van der Waals surface area contributed by atoms with Crippen LogP contribution in [0.1, 0.15) is 30.2 Å². The number of aromatic nitrogens is 3. The fraction of sp³-hybridized carbons (Fsp3) is 0.400. The van der Waals surface area contributed by atoms with Gasteiger partial charge in [0.05, 0.1) is 53.3 Å². The number of ether oxygens (including phenoxy) is 2. The van der Waals surface area contributed by atoms with E-state index in [1.165, 1.54) is 7.11 Å². The molecule has 162 valence electrons. The van der Waals surface area contributed by atoms with Gasteiger partial charge in [-0.3, -0.25) is 9.19 Å². The Morgan fingerprint density at radius 1 is 1.17 bits per heavy atom. The standard InChI is InChI=1S/C20H25N3O5S2/c1-6-9-30(25,26)23-18-8-7-15(27-4)10-16(18)22-20(23)29(24)12-17-14(3)19(28-5)13(2)11-21-17/h7-8,10-11H,6,9,12H2,1-5H3. The molecule has 3 rings (SSSR count). The lowest BCUT2D eigenvalue weighted by molar-refractivity contribution is 0.407. The molecular formula is C20H25N3O5S2. The van der Waals surface area contributed by atoms with Gasteiger partial charge in [0.2, 0.25) is 15.2 Å². The van der Waals surface area contributed by atoms with E-state index in [4.69, 9.17) is 9.47 Å². The van der Waals surface area contributed by atoms with Crippen LogP contribution in [0.4, 0.5) is 0 Å². The zero-order valence-electron chi connectivity index (χ0n) is 17.6.